The lowest BCUT2D eigenvalue weighted by molar-refractivity contribution is 0.0475. The van der Waals surface area contributed by atoms with Gasteiger partial charge in [-0.3, -0.25) is 9.59 Å². The van der Waals surface area contributed by atoms with Crippen LogP contribution in [0.2, 0.25) is 0 Å². The molecule has 30 heavy (non-hydrogen) atoms. The third kappa shape index (κ3) is 4.12. The predicted molar refractivity (Wildman–Crippen MR) is 112 cm³/mol. The largest absolute Gasteiger partial charge is 0.459 e. The molecule has 1 aromatic heterocycles. The van der Waals surface area contributed by atoms with Gasteiger partial charge in [0.15, 0.2) is 12.4 Å². The summed E-state index contributed by atoms with van der Waals surface area (Å²) in [5, 5.41) is 4.42. The SMILES string of the molecule is O=C(OCC(=O)c1cccc2ccccc12)c1ccc(NC(=O)c2ccco2)cc1. The van der Waals surface area contributed by atoms with Crippen molar-refractivity contribution < 1.29 is 23.5 Å². The summed E-state index contributed by atoms with van der Waals surface area (Å²) in [5.41, 5.74) is 1.29. The number of amides is 1. The molecule has 1 N–H and O–H groups in total. The number of rotatable bonds is 6. The van der Waals surface area contributed by atoms with Crippen molar-refractivity contribution in [2.24, 2.45) is 0 Å². The van der Waals surface area contributed by atoms with E-state index in [-0.39, 0.29) is 23.7 Å². The molecule has 1 heterocycles. The zero-order valence-electron chi connectivity index (χ0n) is 15.8. The van der Waals surface area contributed by atoms with E-state index in [0.717, 1.165) is 10.8 Å². The van der Waals surface area contributed by atoms with E-state index in [1.165, 1.54) is 18.4 Å². The van der Waals surface area contributed by atoms with Gasteiger partial charge in [0.05, 0.1) is 11.8 Å². The fraction of sp³-hybridized carbons (Fsp3) is 0.0417. The van der Waals surface area contributed by atoms with E-state index >= 15 is 0 Å². The first-order valence-electron chi connectivity index (χ1n) is 9.25. The molecule has 0 aliphatic carbocycles. The van der Waals surface area contributed by atoms with Crippen LogP contribution in [0, 0.1) is 0 Å². The lowest BCUT2D eigenvalue weighted by atomic mass is 10.0. The van der Waals surface area contributed by atoms with Crippen molar-refractivity contribution in [3.8, 4) is 0 Å². The van der Waals surface area contributed by atoms with Gasteiger partial charge in [0.2, 0.25) is 5.78 Å². The number of nitrogens with one attached hydrogen (secondary N) is 1. The number of ketones is 1. The topological polar surface area (TPSA) is 85.6 Å². The minimum absolute atomic E-state index is 0.186. The molecule has 0 aliphatic rings. The number of furan rings is 1. The van der Waals surface area contributed by atoms with Crippen LogP contribution in [0.25, 0.3) is 10.8 Å². The number of esters is 1. The molecule has 0 aliphatic heterocycles. The minimum atomic E-state index is -0.618. The number of carbonyl (C=O) groups excluding carboxylic acids is 3. The summed E-state index contributed by atoms with van der Waals surface area (Å²) in [6.07, 6.45) is 1.41. The van der Waals surface area contributed by atoms with Gasteiger partial charge in [-0.15, -0.1) is 0 Å². The van der Waals surface area contributed by atoms with E-state index in [1.54, 1.807) is 36.4 Å². The Labute approximate surface area is 172 Å². The van der Waals surface area contributed by atoms with Gasteiger partial charge in [-0.2, -0.15) is 0 Å². The quantitative estimate of drug-likeness (QED) is 0.374. The lowest BCUT2D eigenvalue weighted by Gasteiger charge is -2.08. The summed E-state index contributed by atoms with van der Waals surface area (Å²) >= 11 is 0. The molecule has 0 atom stereocenters. The van der Waals surface area contributed by atoms with E-state index in [1.807, 2.05) is 30.3 Å². The monoisotopic (exact) mass is 399 g/mol. The standard InChI is InChI=1S/C24H17NO5/c26-21(20-8-3-6-16-5-1-2-7-19(16)20)15-30-24(28)17-10-12-18(13-11-17)25-23(27)22-9-4-14-29-22/h1-14H,15H2,(H,25,27). The molecule has 1 amide bonds. The summed E-state index contributed by atoms with van der Waals surface area (Å²) in [4.78, 5) is 36.8. The molecule has 0 bridgehead atoms. The fourth-order valence-electron chi connectivity index (χ4n) is 3.05. The van der Waals surface area contributed by atoms with Crippen LogP contribution in [-0.2, 0) is 4.74 Å². The van der Waals surface area contributed by atoms with Crippen molar-refractivity contribution in [2.75, 3.05) is 11.9 Å². The highest BCUT2D eigenvalue weighted by atomic mass is 16.5. The van der Waals surface area contributed by atoms with Crippen LogP contribution in [0.3, 0.4) is 0 Å². The molecule has 3 aromatic carbocycles. The van der Waals surface area contributed by atoms with Gasteiger partial charge in [0.25, 0.3) is 5.91 Å². The highest BCUT2D eigenvalue weighted by Gasteiger charge is 2.14. The third-order valence-electron chi connectivity index (χ3n) is 4.55. The molecular formula is C24H17NO5. The summed E-state index contributed by atoms with van der Waals surface area (Å²) in [6.45, 7) is -0.357. The van der Waals surface area contributed by atoms with Gasteiger partial charge >= 0.3 is 5.97 Å². The van der Waals surface area contributed by atoms with Gasteiger partial charge < -0.3 is 14.5 Å². The molecule has 6 heteroatoms. The Balaban J connectivity index is 1.38. The number of anilines is 1. The summed E-state index contributed by atoms with van der Waals surface area (Å²) in [5.74, 6) is -1.10. The molecule has 0 saturated carbocycles. The Kier molecular flexibility index (Phi) is 5.39. The Morgan fingerprint density at radius 3 is 2.37 bits per heavy atom. The summed E-state index contributed by atoms with van der Waals surface area (Å²) in [6, 6.07) is 22.3. The Morgan fingerprint density at radius 1 is 0.833 bits per heavy atom. The molecule has 6 nitrogen and oxygen atoms in total. The molecule has 0 unspecified atom stereocenters. The number of ether oxygens (including phenoxy) is 1. The average molecular weight is 399 g/mol. The lowest BCUT2D eigenvalue weighted by Crippen LogP contribution is -2.15. The van der Waals surface area contributed by atoms with Crippen molar-refractivity contribution in [1.29, 1.82) is 0 Å². The Bertz CT molecular complexity index is 1200. The van der Waals surface area contributed by atoms with E-state index in [4.69, 9.17) is 9.15 Å². The molecular weight excluding hydrogens is 382 g/mol. The number of hydrogen-bond acceptors (Lipinski definition) is 5. The zero-order valence-corrected chi connectivity index (χ0v) is 15.8. The van der Waals surface area contributed by atoms with Gasteiger partial charge in [-0.1, -0.05) is 42.5 Å². The van der Waals surface area contributed by atoms with Crippen LogP contribution < -0.4 is 5.32 Å². The maximum absolute atomic E-state index is 12.5. The smallest absolute Gasteiger partial charge is 0.338 e. The molecule has 148 valence electrons. The zero-order chi connectivity index (χ0) is 20.9. The van der Waals surface area contributed by atoms with Crippen molar-refractivity contribution in [3.63, 3.8) is 0 Å². The van der Waals surface area contributed by atoms with Crippen LogP contribution >= 0.6 is 0 Å². The predicted octanol–water partition coefficient (Wildman–Crippen LogP) is 4.72. The second kappa shape index (κ2) is 8.45. The number of hydrogen-bond donors (Lipinski definition) is 1. The van der Waals surface area contributed by atoms with Crippen molar-refractivity contribution in [3.05, 3.63) is 102 Å². The summed E-state index contributed by atoms with van der Waals surface area (Å²) < 4.78 is 10.2. The van der Waals surface area contributed by atoms with Gasteiger partial charge in [-0.25, -0.2) is 4.79 Å². The third-order valence-corrected chi connectivity index (χ3v) is 4.55. The number of benzene rings is 3. The van der Waals surface area contributed by atoms with Crippen LogP contribution in [-0.4, -0.2) is 24.3 Å². The minimum Gasteiger partial charge on any atom is -0.459 e. The fourth-order valence-corrected chi connectivity index (χ4v) is 3.05. The van der Waals surface area contributed by atoms with Crippen molar-refractivity contribution in [1.82, 2.24) is 0 Å². The first-order chi connectivity index (χ1) is 14.6. The number of Topliss-reactive ketones (excluding diaryl/α,β-unsaturated/α-hetero) is 1. The second-order valence-corrected chi connectivity index (χ2v) is 6.53. The first-order valence-corrected chi connectivity index (χ1v) is 9.25. The normalized spacial score (nSPS) is 10.5. The van der Waals surface area contributed by atoms with Gasteiger partial charge in [0, 0.05) is 11.3 Å². The van der Waals surface area contributed by atoms with Crippen LogP contribution in [0.1, 0.15) is 31.3 Å². The maximum atomic E-state index is 12.5. The number of carbonyl (C=O) groups is 3. The van der Waals surface area contributed by atoms with Crippen molar-refractivity contribution >= 4 is 34.1 Å². The van der Waals surface area contributed by atoms with Crippen molar-refractivity contribution in [2.45, 2.75) is 0 Å². The van der Waals surface area contributed by atoms with Crippen LogP contribution in [0.4, 0.5) is 5.69 Å². The van der Waals surface area contributed by atoms with Gasteiger partial charge in [-0.05, 0) is 47.2 Å². The molecule has 4 aromatic rings. The highest BCUT2D eigenvalue weighted by molar-refractivity contribution is 6.09. The Hall–Kier alpha value is -4.19. The second-order valence-electron chi connectivity index (χ2n) is 6.53. The molecule has 0 fully saturated rings. The summed E-state index contributed by atoms with van der Waals surface area (Å²) in [7, 11) is 0. The molecule has 4 rings (SSSR count). The molecule has 0 spiro atoms. The van der Waals surface area contributed by atoms with Crippen LogP contribution in [0.5, 0.6) is 0 Å². The average Bonchev–Trinajstić information content (AvgIpc) is 3.32. The van der Waals surface area contributed by atoms with E-state index in [0.29, 0.717) is 11.3 Å². The number of fused-ring (bicyclic) bond motifs is 1. The molecule has 0 saturated heterocycles. The van der Waals surface area contributed by atoms with E-state index in [9.17, 15) is 14.4 Å². The van der Waals surface area contributed by atoms with Crippen LogP contribution in [0.15, 0.2) is 89.5 Å². The van der Waals surface area contributed by atoms with Gasteiger partial charge in [0.1, 0.15) is 0 Å². The highest BCUT2D eigenvalue weighted by Crippen LogP contribution is 2.19. The van der Waals surface area contributed by atoms with E-state index in [2.05, 4.69) is 5.32 Å². The Morgan fingerprint density at radius 2 is 1.60 bits per heavy atom. The van der Waals surface area contributed by atoms with E-state index < -0.39 is 11.9 Å². The maximum Gasteiger partial charge on any atom is 0.338 e. The molecule has 0 radical (unpaired) electrons. The first kappa shape index (κ1) is 19.1.